The number of nitrogens with zero attached hydrogens (tertiary/aromatic N) is 2. The smallest absolute Gasteiger partial charge is 0.244 e. The van der Waals surface area contributed by atoms with Crippen LogP contribution in [0.15, 0.2) is 18.5 Å². The van der Waals surface area contributed by atoms with Gasteiger partial charge in [0.2, 0.25) is 5.91 Å². The fraction of sp³-hybridized carbons (Fsp3) is 0.500. The summed E-state index contributed by atoms with van der Waals surface area (Å²) in [7, 11) is 0. The minimum absolute atomic E-state index is 0.00408. The fourth-order valence-corrected chi connectivity index (χ4v) is 2.17. The lowest BCUT2D eigenvalue weighted by molar-refractivity contribution is -0.115. The van der Waals surface area contributed by atoms with E-state index in [1.807, 2.05) is 6.07 Å². The molecule has 3 N–H and O–H groups in total. The first-order chi connectivity index (χ1) is 8.04. The maximum Gasteiger partial charge on any atom is 0.244 e. The van der Waals surface area contributed by atoms with Crippen LogP contribution in [0.4, 0.5) is 11.4 Å². The lowest BCUT2D eigenvalue weighted by Gasteiger charge is -2.43. The number of nitrogens with one attached hydrogen (secondary N) is 1. The molecule has 92 valence electrons. The molecule has 1 aliphatic rings. The van der Waals surface area contributed by atoms with Crippen LogP contribution in [0.3, 0.4) is 0 Å². The van der Waals surface area contributed by atoms with Crippen LogP contribution in [0.25, 0.3) is 0 Å². The second-order valence-electron chi connectivity index (χ2n) is 4.88. The van der Waals surface area contributed by atoms with Crippen LogP contribution < -0.4 is 16.0 Å². The maximum atomic E-state index is 11.7. The predicted molar refractivity (Wildman–Crippen MR) is 68.0 cm³/mol. The predicted octanol–water partition coefficient (Wildman–Crippen LogP) is 0.968. The highest BCUT2D eigenvalue weighted by molar-refractivity contribution is 6.01. The van der Waals surface area contributed by atoms with Crippen LogP contribution in [-0.4, -0.2) is 29.5 Å². The number of hydrogen-bond acceptors (Lipinski definition) is 4. The van der Waals surface area contributed by atoms with E-state index in [4.69, 9.17) is 5.73 Å². The molecule has 5 heteroatoms. The molecule has 0 aliphatic carbocycles. The minimum atomic E-state index is -0.136. The van der Waals surface area contributed by atoms with Gasteiger partial charge in [0.25, 0.3) is 0 Å². The summed E-state index contributed by atoms with van der Waals surface area (Å²) in [5.74, 6) is -0.00408. The molecule has 2 rings (SSSR count). The van der Waals surface area contributed by atoms with Crippen molar-refractivity contribution in [3.8, 4) is 0 Å². The summed E-state index contributed by atoms with van der Waals surface area (Å²) in [5, 5.41) is 2.83. The second kappa shape index (κ2) is 4.33. The van der Waals surface area contributed by atoms with Crippen LogP contribution in [-0.2, 0) is 4.79 Å². The summed E-state index contributed by atoms with van der Waals surface area (Å²) in [6.07, 6.45) is 4.25. The molecule has 0 saturated carbocycles. The number of carbonyl (C=O) groups is 1. The Bertz CT molecular complexity index is 430. The average molecular weight is 234 g/mol. The molecular weight excluding hydrogens is 216 g/mol. The molecule has 1 aromatic heterocycles. The second-order valence-corrected chi connectivity index (χ2v) is 4.88. The Morgan fingerprint density at radius 1 is 1.59 bits per heavy atom. The van der Waals surface area contributed by atoms with Gasteiger partial charge in [0.15, 0.2) is 0 Å². The molecule has 0 aromatic carbocycles. The Morgan fingerprint density at radius 2 is 2.35 bits per heavy atom. The number of rotatable bonds is 3. The van der Waals surface area contributed by atoms with Crippen molar-refractivity contribution in [2.24, 2.45) is 5.73 Å². The van der Waals surface area contributed by atoms with Crippen molar-refractivity contribution in [1.29, 1.82) is 0 Å². The summed E-state index contributed by atoms with van der Waals surface area (Å²) in [4.78, 5) is 17.8. The number of nitrogens with two attached hydrogens (primary N) is 1. The van der Waals surface area contributed by atoms with E-state index >= 15 is 0 Å². The van der Waals surface area contributed by atoms with Crippen molar-refractivity contribution in [2.45, 2.75) is 25.8 Å². The fourth-order valence-electron chi connectivity index (χ4n) is 2.17. The van der Waals surface area contributed by atoms with Gasteiger partial charge in [-0.3, -0.25) is 9.78 Å². The number of carbonyl (C=O) groups excluding carboxylic acids is 1. The van der Waals surface area contributed by atoms with Crippen LogP contribution in [0.1, 0.15) is 20.3 Å². The SMILES string of the molecule is CC(C)(CCN)N1CC(=O)Nc2cnccc21. The van der Waals surface area contributed by atoms with Crippen molar-refractivity contribution in [3.63, 3.8) is 0 Å². The van der Waals surface area contributed by atoms with E-state index < -0.39 is 0 Å². The van der Waals surface area contributed by atoms with Gasteiger partial charge >= 0.3 is 0 Å². The summed E-state index contributed by atoms with van der Waals surface area (Å²) in [6, 6.07) is 1.92. The molecule has 2 heterocycles. The third kappa shape index (κ3) is 2.24. The van der Waals surface area contributed by atoms with E-state index in [0.29, 0.717) is 13.1 Å². The van der Waals surface area contributed by atoms with Gasteiger partial charge in [0.1, 0.15) is 0 Å². The molecule has 5 nitrogen and oxygen atoms in total. The van der Waals surface area contributed by atoms with Crippen LogP contribution in [0, 0.1) is 0 Å². The molecule has 1 amide bonds. The molecule has 17 heavy (non-hydrogen) atoms. The monoisotopic (exact) mass is 234 g/mol. The molecule has 1 aliphatic heterocycles. The lowest BCUT2D eigenvalue weighted by atomic mass is 9.96. The van der Waals surface area contributed by atoms with Crippen molar-refractivity contribution in [2.75, 3.05) is 23.3 Å². The molecule has 0 fully saturated rings. The van der Waals surface area contributed by atoms with Gasteiger partial charge < -0.3 is 16.0 Å². The first kappa shape index (κ1) is 11.9. The summed E-state index contributed by atoms with van der Waals surface area (Å²) in [6.45, 7) is 5.17. The van der Waals surface area contributed by atoms with Crippen LogP contribution in [0.5, 0.6) is 0 Å². The lowest BCUT2D eigenvalue weighted by Crippen LogP contribution is -2.51. The van der Waals surface area contributed by atoms with Gasteiger partial charge in [0.05, 0.1) is 24.1 Å². The largest absolute Gasteiger partial charge is 0.355 e. The number of aromatic nitrogens is 1. The van der Waals surface area contributed by atoms with Crippen molar-refractivity contribution in [3.05, 3.63) is 18.5 Å². The van der Waals surface area contributed by atoms with Gasteiger partial charge in [-0.15, -0.1) is 0 Å². The molecule has 0 saturated heterocycles. The molecule has 0 spiro atoms. The number of anilines is 2. The number of hydrogen-bond donors (Lipinski definition) is 2. The highest BCUT2D eigenvalue weighted by Crippen LogP contribution is 2.34. The zero-order valence-electron chi connectivity index (χ0n) is 10.2. The molecule has 0 unspecified atom stereocenters. The van der Waals surface area contributed by atoms with Crippen molar-refractivity contribution in [1.82, 2.24) is 4.98 Å². The van der Waals surface area contributed by atoms with Crippen molar-refractivity contribution >= 4 is 17.3 Å². The highest BCUT2D eigenvalue weighted by Gasteiger charge is 2.32. The van der Waals surface area contributed by atoms with E-state index in [0.717, 1.165) is 17.8 Å². The summed E-state index contributed by atoms with van der Waals surface area (Å²) in [5.41, 5.74) is 7.28. The van der Waals surface area contributed by atoms with Gasteiger partial charge in [0, 0.05) is 11.7 Å². The van der Waals surface area contributed by atoms with E-state index in [1.165, 1.54) is 0 Å². The van der Waals surface area contributed by atoms with Crippen molar-refractivity contribution < 1.29 is 4.79 Å². The molecular formula is C12H18N4O. The molecule has 1 aromatic rings. The Labute approximate surface area is 101 Å². The zero-order valence-corrected chi connectivity index (χ0v) is 10.2. The zero-order chi connectivity index (χ0) is 12.5. The van der Waals surface area contributed by atoms with Gasteiger partial charge in [-0.2, -0.15) is 0 Å². The third-order valence-corrected chi connectivity index (χ3v) is 3.15. The minimum Gasteiger partial charge on any atom is -0.355 e. The van der Waals surface area contributed by atoms with E-state index in [9.17, 15) is 4.79 Å². The third-order valence-electron chi connectivity index (χ3n) is 3.15. The quantitative estimate of drug-likeness (QED) is 0.817. The van der Waals surface area contributed by atoms with E-state index in [-0.39, 0.29) is 11.4 Å². The number of pyridine rings is 1. The maximum absolute atomic E-state index is 11.7. The van der Waals surface area contributed by atoms with Gasteiger partial charge in [-0.05, 0) is 32.9 Å². The summed E-state index contributed by atoms with van der Waals surface area (Å²) >= 11 is 0. The van der Waals surface area contributed by atoms with Gasteiger partial charge in [-0.1, -0.05) is 0 Å². The van der Waals surface area contributed by atoms with Gasteiger partial charge in [-0.25, -0.2) is 0 Å². The molecule has 0 bridgehead atoms. The average Bonchev–Trinajstić information content (AvgIpc) is 2.27. The highest BCUT2D eigenvalue weighted by atomic mass is 16.2. The summed E-state index contributed by atoms with van der Waals surface area (Å²) < 4.78 is 0. The number of fused-ring (bicyclic) bond motifs is 1. The van der Waals surface area contributed by atoms with Crippen LogP contribution >= 0.6 is 0 Å². The number of amides is 1. The van der Waals surface area contributed by atoms with Crippen LogP contribution in [0.2, 0.25) is 0 Å². The molecule has 0 atom stereocenters. The van der Waals surface area contributed by atoms with E-state index in [2.05, 4.69) is 29.0 Å². The Hall–Kier alpha value is -1.62. The first-order valence-electron chi connectivity index (χ1n) is 5.76. The Balaban J connectivity index is 2.39. The standard InChI is InChI=1S/C12H18N4O/c1-12(2,4-5-13)16-8-11(17)15-9-7-14-6-3-10(9)16/h3,6-7H,4-5,8,13H2,1-2H3,(H,15,17). The normalized spacial score (nSPS) is 15.5. The molecule has 0 radical (unpaired) electrons. The first-order valence-corrected chi connectivity index (χ1v) is 5.76. The Morgan fingerprint density at radius 3 is 3.06 bits per heavy atom. The van der Waals surface area contributed by atoms with E-state index in [1.54, 1.807) is 12.4 Å². The topological polar surface area (TPSA) is 71.2 Å². The Kier molecular flexibility index (Phi) is 3.02.